The normalized spacial score (nSPS) is 9.50. The predicted molar refractivity (Wildman–Crippen MR) is 119 cm³/mol. The van der Waals surface area contributed by atoms with Crippen LogP contribution in [-0.2, 0) is 0 Å². The summed E-state index contributed by atoms with van der Waals surface area (Å²) in [6.07, 6.45) is 0. The van der Waals surface area contributed by atoms with Crippen LogP contribution in [0, 0.1) is 49.3 Å². The van der Waals surface area contributed by atoms with E-state index in [2.05, 4.69) is 37.2 Å². The van der Waals surface area contributed by atoms with E-state index < -0.39 is 79.1 Å². The van der Waals surface area contributed by atoms with Crippen molar-refractivity contribution in [2.24, 2.45) is 0 Å². The average Bonchev–Trinajstić information content (AvgIpc) is 2.70. The van der Waals surface area contributed by atoms with Crippen LogP contribution < -0.4 is 19.0 Å². The first kappa shape index (κ1) is 34.0. The summed E-state index contributed by atoms with van der Waals surface area (Å²) in [4.78, 5) is 38.7. The van der Waals surface area contributed by atoms with E-state index in [9.17, 15) is 51.8 Å². The summed E-state index contributed by atoms with van der Waals surface area (Å²) in [6.45, 7) is 0. The van der Waals surface area contributed by atoms with Crippen molar-refractivity contribution in [3.8, 4) is 0 Å². The zero-order valence-corrected chi connectivity index (χ0v) is 21.5. The molecule has 0 aliphatic heterocycles. The van der Waals surface area contributed by atoms with Crippen molar-refractivity contribution in [1.29, 1.82) is 0 Å². The number of anilines is 1. The molecule has 0 aliphatic carbocycles. The fourth-order valence-corrected chi connectivity index (χ4v) is 1.81. The number of carboxylic acid groups (broad SMARTS) is 2. The molecule has 19 heteroatoms. The van der Waals surface area contributed by atoms with E-state index in [0.717, 1.165) is 0 Å². The second-order valence-corrected chi connectivity index (χ2v) is 21.3. The minimum absolute atomic E-state index is 0. The maximum absolute atomic E-state index is 12.9. The quantitative estimate of drug-likeness (QED) is 0.104. The summed E-state index contributed by atoms with van der Waals surface area (Å²) in [7, 11) is 0. The van der Waals surface area contributed by atoms with Gasteiger partial charge in [0.25, 0.3) is 5.69 Å². The number of benzene rings is 2. The number of rotatable bonds is 4. The standard InChI is InChI=1S/C7H2F3NO4.C7H4F2N2O4.CH4.I3/c8-4-2(7(12)13)1-3(11(14)15)5(9)6(4)10;8-4-2(7(12)13)1-3(11(14)15)6(10)5(4)9;;1-3-2/h1H,(H,12,13);1H,10H2,(H,12,13);1H4;/q;;;-1. The number of hydrogen-bond donors (Lipinski definition) is 3. The van der Waals surface area contributed by atoms with Gasteiger partial charge in [-0.25, -0.2) is 27.2 Å². The number of hydrogen-bond acceptors (Lipinski definition) is 7. The summed E-state index contributed by atoms with van der Waals surface area (Å²) in [5.74, 6) is -13.4. The molecule has 0 atom stereocenters. The minimum atomic E-state index is -2.18. The average molecular weight is 836 g/mol. The number of nitrogens with two attached hydrogens (primary N) is 1. The van der Waals surface area contributed by atoms with Crippen molar-refractivity contribution in [3.05, 3.63) is 72.6 Å². The Bertz CT molecular complexity index is 962. The Balaban J connectivity index is 0. The maximum Gasteiger partial charge on any atom is 0.339 e. The molecule has 0 saturated heterocycles. The van der Waals surface area contributed by atoms with E-state index >= 15 is 0 Å². The second kappa shape index (κ2) is 14.9. The number of nitro benzene ring substituents is 2. The van der Waals surface area contributed by atoms with Crippen molar-refractivity contribution >= 4 is 66.2 Å². The number of carbonyl (C=O) groups is 2. The number of nitrogens with zero attached hydrogens (tertiary/aromatic N) is 2. The number of nitro groups is 2. The summed E-state index contributed by atoms with van der Waals surface area (Å²) in [5, 5.41) is 37.2. The van der Waals surface area contributed by atoms with Crippen LogP contribution in [0.5, 0.6) is 0 Å². The van der Waals surface area contributed by atoms with Crippen LogP contribution >= 0.6 is 37.2 Å². The SMILES string of the molecule is C.I[I-]I.Nc1c([N+](=O)[O-])cc(C(=O)O)c(F)c1F.O=C(O)c1cc([N+](=O)[O-])c(F)c(F)c1F. The molecule has 2 rings (SSSR count). The first-order valence-corrected chi connectivity index (χ1v) is 19.8. The van der Waals surface area contributed by atoms with E-state index in [4.69, 9.17) is 15.9 Å². The van der Waals surface area contributed by atoms with Gasteiger partial charge in [-0.2, -0.15) is 4.39 Å². The van der Waals surface area contributed by atoms with Gasteiger partial charge in [0.2, 0.25) is 11.6 Å². The molecule has 0 unspecified atom stereocenters. The van der Waals surface area contributed by atoms with Crippen LogP contribution in [0.15, 0.2) is 12.1 Å². The minimum Gasteiger partial charge on any atom is -0.478 e. The third kappa shape index (κ3) is 8.55. The zero-order valence-electron chi connectivity index (χ0n) is 15.0. The third-order valence-electron chi connectivity index (χ3n) is 3.20. The molecule has 0 fully saturated rings. The smallest absolute Gasteiger partial charge is 0.339 e. The van der Waals surface area contributed by atoms with Crippen LogP contribution in [-0.4, -0.2) is 32.0 Å². The number of nitrogen functional groups attached to an aromatic ring is 1. The van der Waals surface area contributed by atoms with E-state index in [1.807, 2.05) is 0 Å². The van der Waals surface area contributed by atoms with Crippen LogP contribution in [0.2, 0.25) is 0 Å². The molecular formula is C15H10F5I3N3O8-. The van der Waals surface area contributed by atoms with Gasteiger partial charge in [0, 0.05) is 12.1 Å². The zero-order chi connectivity index (χ0) is 26.2. The molecule has 4 N–H and O–H groups in total. The summed E-state index contributed by atoms with van der Waals surface area (Å²) in [5.41, 5.74) is -0.949. The Morgan fingerprint density at radius 1 is 0.794 bits per heavy atom. The van der Waals surface area contributed by atoms with E-state index in [1.54, 1.807) is 0 Å². The van der Waals surface area contributed by atoms with E-state index in [1.165, 1.54) is 0 Å². The molecule has 2 aromatic rings. The number of carboxylic acids is 2. The fourth-order valence-electron chi connectivity index (χ4n) is 1.81. The number of aromatic carboxylic acids is 2. The van der Waals surface area contributed by atoms with Gasteiger partial charge in [-0.05, 0) is 0 Å². The first-order valence-electron chi connectivity index (χ1n) is 7.21. The van der Waals surface area contributed by atoms with Gasteiger partial charge in [0.15, 0.2) is 17.5 Å². The first-order chi connectivity index (χ1) is 15.1. The molecule has 0 amide bonds. The third-order valence-corrected chi connectivity index (χ3v) is 3.20. The topological polar surface area (TPSA) is 187 Å². The van der Waals surface area contributed by atoms with Crippen LogP contribution in [0.3, 0.4) is 0 Å². The molecule has 0 radical (unpaired) electrons. The van der Waals surface area contributed by atoms with Gasteiger partial charge in [0.1, 0.15) is 16.8 Å². The number of halogens is 8. The van der Waals surface area contributed by atoms with Crippen molar-refractivity contribution in [1.82, 2.24) is 0 Å². The maximum atomic E-state index is 12.9. The van der Waals surface area contributed by atoms with E-state index in [0.29, 0.717) is 19.3 Å². The van der Waals surface area contributed by atoms with Gasteiger partial charge in [-0.1, -0.05) is 7.43 Å². The second-order valence-electron chi connectivity index (χ2n) is 5.05. The predicted octanol–water partition coefficient (Wildman–Crippen LogP) is 2.28. The molecule has 34 heavy (non-hydrogen) atoms. The van der Waals surface area contributed by atoms with Crippen LogP contribution in [0.1, 0.15) is 28.1 Å². The molecule has 11 nitrogen and oxygen atoms in total. The van der Waals surface area contributed by atoms with Gasteiger partial charge >= 0.3 is 68.1 Å². The van der Waals surface area contributed by atoms with Crippen molar-refractivity contribution in [3.63, 3.8) is 0 Å². The Kier molecular flexibility index (Phi) is 14.9. The summed E-state index contributed by atoms with van der Waals surface area (Å²) in [6, 6.07) is 0.492. The summed E-state index contributed by atoms with van der Waals surface area (Å²) >= 11 is 5.30. The Labute approximate surface area is 215 Å². The van der Waals surface area contributed by atoms with Crippen molar-refractivity contribution in [2.45, 2.75) is 7.43 Å². The Morgan fingerprint density at radius 2 is 1.12 bits per heavy atom. The Hall–Kier alpha value is -2.18. The summed E-state index contributed by atoms with van der Waals surface area (Å²) < 4.78 is 63.9. The monoisotopic (exact) mass is 836 g/mol. The van der Waals surface area contributed by atoms with E-state index in [-0.39, 0.29) is 13.5 Å². The molecule has 2 aromatic carbocycles. The Morgan fingerprint density at radius 3 is 1.44 bits per heavy atom. The van der Waals surface area contributed by atoms with Gasteiger partial charge < -0.3 is 15.9 Å². The van der Waals surface area contributed by atoms with Gasteiger partial charge in [-0.3, -0.25) is 20.2 Å². The van der Waals surface area contributed by atoms with Gasteiger partial charge in [0.05, 0.1) is 9.85 Å². The molecule has 0 saturated carbocycles. The largest absolute Gasteiger partial charge is 0.478 e. The molecule has 0 aliphatic rings. The van der Waals surface area contributed by atoms with Crippen molar-refractivity contribution in [2.75, 3.05) is 5.73 Å². The van der Waals surface area contributed by atoms with Gasteiger partial charge in [-0.15, -0.1) is 0 Å². The molecule has 0 bridgehead atoms. The molecule has 190 valence electrons. The van der Waals surface area contributed by atoms with Crippen molar-refractivity contribution < 1.29 is 64.9 Å². The molecule has 0 spiro atoms. The fraction of sp³-hybridized carbons (Fsp3) is 0.0667. The molecular weight excluding hydrogens is 826 g/mol. The van der Waals surface area contributed by atoms with Crippen LogP contribution in [0.4, 0.5) is 39.0 Å². The van der Waals surface area contributed by atoms with Crippen LogP contribution in [0.25, 0.3) is 0 Å². The molecule has 0 aromatic heterocycles. The molecule has 0 heterocycles.